The van der Waals surface area contributed by atoms with Crippen LogP contribution in [-0.2, 0) is 4.79 Å². The molecule has 0 heterocycles. The molecule has 2 rings (SSSR count). The van der Waals surface area contributed by atoms with Gasteiger partial charge in [0.25, 0.3) is 5.91 Å². The smallest absolute Gasteiger partial charge is 0.251 e. The monoisotopic (exact) mass is 374 g/mol. The van der Waals surface area contributed by atoms with Gasteiger partial charge in [-0.25, -0.2) is 0 Å². The summed E-state index contributed by atoms with van der Waals surface area (Å²) in [5.41, 5.74) is 2.45. The average molecular weight is 375 g/mol. The number of benzene rings is 2. The zero-order valence-electron chi connectivity index (χ0n) is 13.1. The van der Waals surface area contributed by atoms with Crippen molar-refractivity contribution in [3.63, 3.8) is 0 Å². The molecule has 2 amide bonds. The third-order valence-corrected chi connectivity index (χ3v) is 3.91. The van der Waals surface area contributed by atoms with Crippen molar-refractivity contribution in [3.8, 4) is 0 Å². The molecule has 2 N–H and O–H groups in total. The van der Waals surface area contributed by atoms with Crippen molar-refractivity contribution in [1.82, 2.24) is 5.32 Å². The van der Waals surface area contributed by atoms with E-state index in [1.807, 2.05) is 24.3 Å². The van der Waals surface area contributed by atoms with Gasteiger partial charge in [0.2, 0.25) is 5.91 Å². The Kier molecular flexibility index (Phi) is 5.93. The van der Waals surface area contributed by atoms with Gasteiger partial charge in [-0.3, -0.25) is 9.59 Å². The summed E-state index contributed by atoms with van der Waals surface area (Å²) in [6.07, 6.45) is 0. The number of halogens is 1. The van der Waals surface area contributed by atoms with E-state index in [-0.39, 0.29) is 18.4 Å². The fraction of sp³-hybridized carbons (Fsp3) is 0.222. The van der Waals surface area contributed by atoms with Gasteiger partial charge in [0.15, 0.2) is 0 Å². The lowest BCUT2D eigenvalue weighted by Gasteiger charge is -2.09. The molecule has 4 nitrogen and oxygen atoms in total. The molecule has 2 aromatic rings. The summed E-state index contributed by atoms with van der Waals surface area (Å²) >= 11 is 3.31. The molecule has 0 aromatic heterocycles. The van der Waals surface area contributed by atoms with E-state index < -0.39 is 0 Å². The molecule has 0 saturated heterocycles. The number of anilines is 1. The van der Waals surface area contributed by atoms with Crippen LogP contribution in [0.25, 0.3) is 0 Å². The van der Waals surface area contributed by atoms with Crippen LogP contribution in [0.3, 0.4) is 0 Å². The second-order valence-corrected chi connectivity index (χ2v) is 6.43. The van der Waals surface area contributed by atoms with E-state index in [0.29, 0.717) is 11.5 Å². The summed E-state index contributed by atoms with van der Waals surface area (Å²) in [7, 11) is 0. The molecule has 0 radical (unpaired) electrons. The van der Waals surface area contributed by atoms with E-state index >= 15 is 0 Å². The van der Waals surface area contributed by atoms with Gasteiger partial charge in [0.05, 0.1) is 6.54 Å². The Morgan fingerprint density at radius 1 is 1.00 bits per heavy atom. The lowest BCUT2D eigenvalue weighted by molar-refractivity contribution is -0.115. The summed E-state index contributed by atoms with van der Waals surface area (Å²) in [6, 6.07) is 14.7. The standard InChI is InChI=1S/C18H19BrN2O2/c1-12(2)13-5-9-16(10-6-13)21-17(22)11-20-18(23)14-3-7-15(19)8-4-14/h3-10,12H,11H2,1-2H3,(H,20,23)(H,21,22). The van der Waals surface area contributed by atoms with Crippen molar-refractivity contribution < 1.29 is 9.59 Å². The molecule has 0 atom stereocenters. The van der Waals surface area contributed by atoms with Crippen molar-refractivity contribution in [1.29, 1.82) is 0 Å². The molecule has 0 fully saturated rings. The van der Waals surface area contributed by atoms with Crippen molar-refractivity contribution >= 4 is 33.4 Å². The van der Waals surface area contributed by atoms with Crippen LogP contribution in [0.1, 0.15) is 35.7 Å². The number of carbonyl (C=O) groups is 2. The topological polar surface area (TPSA) is 58.2 Å². The van der Waals surface area contributed by atoms with Gasteiger partial charge >= 0.3 is 0 Å². The number of carbonyl (C=O) groups excluding carboxylic acids is 2. The summed E-state index contributed by atoms with van der Waals surface area (Å²) in [6.45, 7) is 4.16. The molecule has 23 heavy (non-hydrogen) atoms. The first-order chi connectivity index (χ1) is 11.0. The van der Waals surface area contributed by atoms with Crippen molar-refractivity contribution in [2.75, 3.05) is 11.9 Å². The maximum atomic E-state index is 11.9. The predicted octanol–water partition coefficient (Wildman–Crippen LogP) is 3.94. The summed E-state index contributed by atoms with van der Waals surface area (Å²) in [5.74, 6) is -0.0829. The van der Waals surface area contributed by atoms with Gasteiger partial charge in [-0.1, -0.05) is 41.9 Å². The number of rotatable bonds is 5. The van der Waals surface area contributed by atoms with Crippen LogP contribution in [0.15, 0.2) is 53.0 Å². The van der Waals surface area contributed by atoms with Crippen LogP contribution in [0.2, 0.25) is 0 Å². The van der Waals surface area contributed by atoms with Crippen LogP contribution < -0.4 is 10.6 Å². The van der Waals surface area contributed by atoms with Crippen LogP contribution in [0, 0.1) is 0 Å². The first-order valence-electron chi connectivity index (χ1n) is 7.39. The molecule has 0 saturated carbocycles. The quantitative estimate of drug-likeness (QED) is 0.832. The van der Waals surface area contributed by atoms with Gasteiger partial charge in [-0.05, 0) is 47.9 Å². The van der Waals surface area contributed by atoms with E-state index in [2.05, 4.69) is 40.4 Å². The SMILES string of the molecule is CC(C)c1ccc(NC(=O)CNC(=O)c2ccc(Br)cc2)cc1. The second-order valence-electron chi connectivity index (χ2n) is 5.51. The van der Waals surface area contributed by atoms with E-state index in [4.69, 9.17) is 0 Å². The van der Waals surface area contributed by atoms with Crippen LogP contribution in [-0.4, -0.2) is 18.4 Å². The highest BCUT2D eigenvalue weighted by Crippen LogP contribution is 2.17. The van der Waals surface area contributed by atoms with Gasteiger partial charge in [0.1, 0.15) is 0 Å². The molecule has 120 valence electrons. The Hall–Kier alpha value is -2.14. The minimum atomic E-state index is -0.275. The molecule has 2 aromatic carbocycles. The molecule has 0 bridgehead atoms. The maximum absolute atomic E-state index is 11.9. The van der Waals surface area contributed by atoms with Crippen LogP contribution >= 0.6 is 15.9 Å². The molecule has 0 aliphatic heterocycles. The van der Waals surface area contributed by atoms with Crippen molar-refractivity contribution in [2.45, 2.75) is 19.8 Å². The average Bonchev–Trinajstić information content (AvgIpc) is 2.54. The predicted molar refractivity (Wildman–Crippen MR) is 95.6 cm³/mol. The first-order valence-corrected chi connectivity index (χ1v) is 8.18. The summed E-state index contributed by atoms with van der Waals surface area (Å²) < 4.78 is 0.900. The van der Waals surface area contributed by atoms with E-state index in [1.165, 1.54) is 5.56 Å². The highest BCUT2D eigenvalue weighted by atomic mass is 79.9. The number of hydrogen-bond acceptors (Lipinski definition) is 2. The largest absolute Gasteiger partial charge is 0.343 e. The highest BCUT2D eigenvalue weighted by Gasteiger charge is 2.08. The number of hydrogen-bond donors (Lipinski definition) is 2. The molecule has 0 aliphatic carbocycles. The molecular formula is C18H19BrN2O2. The molecular weight excluding hydrogens is 356 g/mol. The van der Waals surface area contributed by atoms with Gasteiger partial charge < -0.3 is 10.6 Å². The van der Waals surface area contributed by atoms with E-state index in [9.17, 15) is 9.59 Å². The Labute approximate surface area is 144 Å². The fourth-order valence-electron chi connectivity index (χ4n) is 2.02. The lowest BCUT2D eigenvalue weighted by Crippen LogP contribution is -2.32. The lowest BCUT2D eigenvalue weighted by atomic mass is 10.0. The Morgan fingerprint density at radius 3 is 2.17 bits per heavy atom. The summed E-state index contributed by atoms with van der Waals surface area (Å²) in [4.78, 5) is 23.8. The fourth-order valence-corrected chi connectivity index (χ4v) is 2.28. The second kappa shape index (κ2) is 7.92. The van der Waals surface area contributed by atoms with E-state index in [1.54, 1.807) is 24.3 Å². The van der Waals surface area contributed by atoms with Crippen LogP contribution in [0.5, 0.6) is 0 Å². The molecule has 0 unspecified atom stereocenters. The maximum Gasteiger partial charge on any atom is 0.251 e. The molecule has 0 aliphatic rings. The zero-order chi connectivity index (χ0) is 16.8. The van der Waals surface area contributed by atoms with Crippen molar-refractivity contribution in [2.24, 2.45) is 0 Å². The Morgan fingerprint density at radius 2 is 1.61 bits per heavy atom. The van der Waals surface area contributed by atoms with Gasteiger partial charge in [0, 0.05) is 15.7 Å². The normalized spacial score (nSPS) is 10.4. The van der Waals surface area contributed by atoms with Gasteiger partial charge in [-0.15, -0.1) is 0 Å². The number of amides is 2. The first kappa shape index (κ1) is 17.2. The summed E-state index contributed by atoms with van der Waals surface area (Å²) in [5, 5.41) is 5.36. The number of nitrogens with one attached hydrogen (secondary N) is 2. The molecule has 5 heteroatoms. The van der Waals surface area contributed by atoms with E-state index in [0.717, 1.165) is 10.2 Å². The minimum absolute atomic E-state index is 0.0686. The Bertz CT molecular complexity index is 679. The van der Waals surface area contributed by atoms with Crippen LogP contribution in [0.4, 0.5) is 5.69 Å². The Balaban J connectivity index is 1.85. The third kappa shape index (κ3) is 5.21. The minimum Gasteiger partial charge on any atom is -0.343 e. The molecule has 0 spiro atoms. The zero-order valence-corrected chi connectivity index (χ0v) is 14.7. The third-order valence-electron chi connectivity index (χ3n) is 3.38. The van der Waals surface area contributed by atoms with Crippen molar-refractivity contribution in [3.05, 3.63) is 64.1 Å². The van der Waals surface area contributed by atoms with Gasteiger partial charge in [-0.2, -0.15) is 0 Å². The highest BCUT2D eigenvalue weighted by molar-refractivity contribution is 9.10.